The number of halogens is 1. The van der Waals surface area contributed by atoms with Crippen molar-refractivity contribution in [2.24, 2.45) is 0 Å². The van der Waals surface area contributed by atoms with Crippen LogP contribution in [0.25, 0.3) is 0 Å². The van der Waals surface area contributed by atoms with Gasteiger partial charge in [-0.1, -0.05) is 23.7 Å². The number of carbonyl (C=O) groups excluding carboxylic acids is 2. The molecule has 0 atom stereocenters. The van der Waals surface area contributed by atoms with E-state index in [2.05, 4.69) is 10.2 Å². The lowest BCUT2D eigenvalue weighted by molar-refractivity contribution is -0.892. The van der Waals surface area contributed by atoms with Gasteiger partial charge in [0.15, 0.2) is 6.54 Å². The van der Waals surface area contributed by atoms with Crippen LogP contribution < -0.4 is 15.1 Å². The molecule has 0 bridgehead atoms. The molecule has 0 unspecified atom stereocenters. The normalized spacial score (nSPS) is 18.4. The number of amides is 2. The molecule has 0 aliphatic carbocycles. The van der Waals surface area contributed by atoms with Gasteiger partial charge in [0.1, 0.15) is 0 Å². The van der Waals surface area contributed by atoms with Crippen molar-refractivity contribution in [1.82, 2.24) is 10.2 Å². The molecular formula is C19H28ClN4O2+. The quantitative estimate of drug-likeness (QED) is 0.664. The molecule has 1 aromatic carbocycles. The molecule has 2 N–H and O–H groups in total. The van der Waals surface area contributed by atoms with Gasteiger partial charge in [-0.05, 0) is 25.0 Å². The highest BCUT2D eigenvalue weighted by molar-refractivity contribution is 6.33. The fourth-order valence-electron chi connectivity index (χ4n) is 3.68. The minimum Gasteiger partial charge on any atom is -0.359 e. The lowest BCUT2D eigenvalue weighted by Gasteiger charge is -2.33. The van der Waals surface area contributed by atoms with Gasteiger partial charge in [-0.3, -0.25) is 9.59 Å². The van der Waals surface area contributed by atoms with Crippen LogP contribution in [0, 0.1) is 0 Å². The topological polar surface area (TPSA) is 57.1 Å². The standard InChI is InChI=1S/C19H27ClN4O2/c20-16-5-1-2-6-17(16)23-13-11-22(12-14-23)15-18(25)21-8-4-10-24-9-3-7-19(24)26/h1-2,5-6H,3-4,7-15H2,(H,21,25)/p+1. The summed E-state index contributed by atoms with van der Waals surface area (Å²) in [6.45, 7) is 6.45. The molecule has 7 heteroatoms. The van der Waals surface area contributed by atoms with Gasteiger partial charge >= 0.3 is 0 Å². The number of hydrogen-bond acceptors (Lipinski definition) is 3. The molecule has 2 heterocycles. The number of piperazine rings is 1. The van der Waals surface area contributed by atoms with E-state index in [0.717, 1.165) is 62.8 Å². The third kappa shape index (κ3) is 5.11. The molecule has 0 aromatic heterocycles. The summed E-state index contributed by atoms with van der Waals surface area (Å²) in [6.07, 6.45) is 2.47. The minimum absolute atomic E-state index is 0.0962. The second kappa shape index (κ2) is 9.24. The summed E-state index contributed by atoms with van der Waals surface area (Å²) < 4.78 is 0. The first-order valence-corrected chi connectivity index (χ1v) is 9.89. The average Bonchev–Trinajstić information content (AvgIpc) is 3.05. The number of nitrogens with one attached hydrogen (secondary N) is 2. The molecule has 6 nitrogen and oxygen atoms in total. The number of nitrogens with zero attached hydrogens (tertiary/aromatic N) is 2. The highest BCUT2D eigenvalue weighted by Crippen LogP contribution is 2.24. The van der Waals surface area contributed by atoms with Crippen molar-refractivity contribution in [3.63, 3.8) is 0 Å². The Morgan fingerprint density at radius 2 is 1.96 bits per heavy atom. The van der Waals surface area contributed by atoms with E-state index in [9.17, 15) is 9.59 Å². The number of anilines is 1. The van der Waals surface area contributed by atoms with Crippen molar-refractivity contribution in [2.45, 2.75) is 19.3 Å². The van der Waals surface area contributed by atoms with E-state index in [1.54, 1.807) is 0 Å². The lowest BCUT2D eigenvalue weighted by Crippen LogP contribution is -3.16. The largest absolute Gasteiger partial charge is 0.359 e. The molecule has 142 valence electrons. The van der Waals surface area contributed by atoms with Gasteiger partial charge in [-0.15, -0.1) is 0 Å². The zero-order valence-corrected chi connectivity index (χ0v) is 15.9. The molecular weight excluding hydrogens is 352 g/mol. The molecule has 2 aliphatic heterocycles. The molecule has 2 saturated heterocycles. The smallest absolute Gasteiger partial charge is 0.275 e. The minimum atomic E-state index is 0.0962. The van der Waals surface area contributed by atoms with E-state index in [-0.39, 0.29) is 11.8 Å². The Balaban J connectivity index is 1.32. The second-order valence-electron chi connectivity index (χ2n) is 7.05. The van der Waals surface area contributed by atoms with Crippen molar-refractivity contribution < 1.29 is 14.5 Å². The first kappa shape index (κ1) is 19.0. The van der Waals surface area contributed by atoms with Crippen molar-refractivity contribution in [2.75, 3.05) is 57.3 Å². The van der Waals surface area contributed by atoms with Crippen LogP contribution >= 0.6 is 11.6 Å². The SMILES string of the molecule is O=C(C[NH+]1CCN(c2ccccc2Cl)CC1)NCCCN1CCCC1=O. The molecule has 3 rings (SSSR count). The van der Waals surface area contributed by atoms with Gasteiger partial charge in [0, 0.05) is 26.1 Å². The molecule has 2 aliphatic rings. The summed E-state index contributed by atoms with van der Waals surface area (Å²) in [5.74, 6) is 0.344. The van der Waals surface area contributed by atoms with Crippen LogP contribution in [0.1, 0.15) is 19.3 Å². The maximum atomic E-state index is 12.1. The number of rotatable bonds is 7. The number of para-hydroxylation sites is 1. The van der Waals surface area contributed by atoms with E-state index < -0.39 is 0 Å². The molecule has 0 radical (unpaired) electrons. The summed E-state index contributed by atoms with van der Waals surface area (Å²) >= 11 is 6.27. The Bertz CT molecular complexity index is 632. The van der Waals surface area contributed by atoms with Crippen LogP contribution in [0.3, 0.4) is 0 Å². The van der Waals surface area contributed by atoms with E-state index in [0.29, 0.717) is 19.5 Å². The predicted octanol–water partition coefficient (Wildman–Crippen LogP) is 0.174. The monoisotopic (exact) mass is 379 g/mol. The Morgan fingerprint density at radius 3 is 2.65 bits per heavy atom. The third-order valence-corrected chi connectivity index (χ3v) is 5.49. The van der Waals surface area contributed by atoms with Gasteiger partial charge in [0.25, 0.3) is 5.91 Å². The van der Waals surface area contributed by atoms with Crippen LogP contribution in [0.4, 0.5) is 5.69 Å². The summed E-state index contributed by atoms with van der Waals surface area (Å²) in [4.78, 5) is 29.2. The molecule has 0 saturated carbocycles. The maximum absolute atomic E-state index is 12.1. The summed E-state index contributed by atoms with van der Waals surface area (Å²) in [5.41, 5.74) is 1.08. The predicted molar refractivity (Wildman–Crippen MR) is 103 cm³/mol. The summed E-state index contributed by atoms with van der Waals surface area (Å²) in [7, 11) is 0. The van der Waals surface area contributed by atoms with Crippen LogP contribution in [0.2, 0.25) is 5.02 Å². The zero-order chi connectivity index (χ0) is 18.4. The van der Waals surface area contributed by atoms with E-state index >= 15 is 0 Å². The summed E-state index contributed by atoms with van der Waals surface area (Å²) in [6, 6.07) is 7.91. The Labute approximate surface area is 160 Å². The van der Waals surface area contributed by atoms with Crippen LogP contribution in [0.5, 0.6) is 0 Å². The number of hydrogen-bond donors (Lipinski definition) is 2. The van der Waals surface area contributed by atoms with Gasteiger partial charge in [-0.25, -0.2) is 0 Å². The zero-order valence-electron chi connectivity index (χ0n) is 15.2. The number of carbonyl (C=O) groups is 2. The Hall–Kier alpha value is -1.79. The van der Waals surface area contributed by atoms with Crippen molar-refractivity contribution in [1.29, 1.82) is 0 Å². The number of quaternary nitrogens is 1. The third-order valence-electron chi connectivity index (χ3n) is 5.17. The van der Waals surface area contributed by atoms with Crippen molar-refractivity contribution in [3.8, 4) is 0 Å². The van der Waals surface area contributed by atoms with Crippen LogP contribution in [0.15, 0.2) is 24.3 Å². The van der Waals surface area contributed by atoms with Gasteiger partial charge < -0.3 is 20.0 Å². The maximum Gasteiger partial charge on any atom is 0.275 e. The van der Waals surface area contributed by atoms with Gasteiger partial charge in [0.2, 0.25) is 5.91 Å². The summed E-state index contributed by atoms with van der Waals surface area (Å²) in [5, 5.41) is 3.77. The van der Waals surface area contributed by atoms with Crippen LogP contribution in [-0.4, -0.2) is 69.1 Å². The fraction of sp³-hybridized carbons (Fsp3) is 0.579. The van der Waals surface area contributed by atoms with Gasteiger partial charge in [-0.2, -0.15) is 0 Å². The Kier molecular flexibility index (Phi) is 6.74. The molecule has 0 spiro atoms. The first-order valence-electron chi connectivity index (χ1n) is 9.51. The fourth-order valence-corrected chi connectivity index (χ4v) is 3.93. The van der Waals surface area contributed by atoms with Crippen LogP contribution in [-0.2, 0) is 9.59 Å². The van der Waals surface area contributed by atoms with E-state index in [1.807, 2.05) is 29.2 Å². The average molecular weight is 380 g/mol. The number of likely N-dealkylation sites (tertiary alicyclic amines) is 1. The highest BCUT2D eigenvalue weighted by Gasteiger charge is 2.23. The number of benzene rings is 1. The van der Waals surface area contributed by atoms with Crippen molar-refractivity contribution >= 4 is 29.1 Å². The Morgan fingerprint density at radius 1 is 1.19 bits per heavy atom. The van der Waals surface area contributed by atoms with Crippen molar-refractivity contribution in [3.05, 3.63) is 29.3 Å². The molecule has 26 heavy (non-hydrogen) atoms. The molecule has 1 aromatic rings. The first-order chi connectivity index (χ1) is 12.6. The highest BCUT2D eigenvalue weighted by atomic mass is 35.5. The van der Waals surface area contributed by atoms with E-state index in [1.165, 1.54) is 4.90 Å². The molecule has 2 amide bonds. The molecule has 2 fully saturated rings. The lowest BCUT2D eigenvalue weighted by atomic mass is 10.2. The second-order valence-corrected chi connectivity index (χ2v) is 7.46. The van der Waals surface area contributed by atoms with E-state index in [4.69, 9.17) is 11.6 Å². The van der Waals surface area contributed by atoms with Gasteiger partial charge in [0.05, 0.1) is 36.9 Å².